The Bertz CT molecular complexity index is 302. The summed E-state index contributed by atoms with van der Waals surface area (Å²) in [7, 11) is 0. The molecule has 0 unspecified atom stereocenters. The molecule has 0 fully saturated rings. The highest BCUT2D eigenvalue weighted by molar-refractivity contribution is 5.94. The van der Waals surface area contributed by atoms with Crippen LogP contribution in [0.1, 0.15) is 40.0 Å². The maximum absolute atomic E-state index is 11.7. The molecular weight excluding hydrogens is 236 g/mol. The van der Waals surface area contributed by atoms with Gasteiger partial charge in [-0.1, -0.05) is 13.8 Å². The van der Waals surface area contributed by atoms with E-state index in [0.717, 1.165) is 0 Å². The molecule has 0 heterocycles. The van der Waals surface area contributed by atoms with Crippen LogP contribution < -0.4 is 5.32 Å². The standard InChI is InChI=1S/C12H22N2O4/c1-4-14(8-9(2)3)12(18)13-10(15)6-5-7-11(16)17/h9H,4-8H2,1-3H3,(H,16,17)(H,13,15,18). The van der Waals surface area contributed by atoms with Crippen molar-refractivity contribution in [3.05, 3.63) is 0 Å². The summed E-state index contributed by atoms with van der Waals surface area (Å²) < 4.78 is 0. The number of urea groups is 1. The van der Waals surface area contributed by atoms with E-state index in [4.69, 9.17) is 5.11 Å². The molecule has 6 nitrogen and oxygen atoms in total. The second-order valence-corrected chi connectivity index (χ2v) is 4.53. The summed E-state index contributed by atoms with van der Waals surface area (Å²) in [5, 5.41) is 10.7. The van der Waals surface area contributed by atoms with Gasteiger partial charge >= 0.3 is 12.0 Å². The number of hydrogen-bond donors (Lipinski definition) is 2. The minimum Gasteiger partial charge on any atom is -0.481 e. The molecule has 0 spiro atoms. The van der Waals surface area contributed by atoms with Gasteiger partial charge in [0.25, 0.3) is 0 Å². The molecule has 0 aliphatic carbocycles. The van der Waals surface area contributed by atoms with E-state index in [1.807, 2.05) is 20.8 Å². The van der Waals surface area contributed by atoms with Crippen LogP contribution >= 0.6 is 0 Å². The van der Waals surface area contributed by atoms with Crippen molar-refractivity contribution in [2.24, 2.45) is 5.92 Å². The molecule has 0 bridgehead atoms. The fraction of sp³-hybridized carbons (Fsp3) is 0.750. The first-order valence-electron chi connectivity index (χ1n) is 6.17. The highest BCUT2D eigenvalue weighted by atomic mass is 16.4. The Morgan fingerprint density at radius 3 is 2.28 bits per heavy atom. The number of nitrogens with one attached hydrogen (secondary N) is 1. The van der Waals surface area contributed by atoms with Gasteiger partial charge in [0.15, 0.2) is 0 Å². The van der Waals surface area contributed by atoms with Gasteiger partial charge in [-0.25, -0.2) is 4.79 Å². The normalized spacial score (nSPS) is 10.2. The van der Waals surface area contributed by atoms with Crippen LogP contribution in [0.5, 0.6) is 0 Å². The molecule has 0 atom stereocenters. The lowest BCUT2D eigenvalue weighted by molar-refractivity contribution is -0.137. The Morgan fingerprint density at radius 2 is 1.83 bits per heavy atom. The third-order valence-corrected chi connectivity index (χ3v) is 2.30. The molecule has 0 aromatic heterocycles. The minimum absolute atomic E-state index is 0.0529. The first-order valence-corrected chi connectivity index (χ1v) is 6.17. The Kier molecular flexibility index (Phi) is 7.74. The van der Waals surface area contributed by atoms with Gasteiger partial charge in [-0.2, -0.15) is 0 Å². The van der Waals surface area contributed by atoms with Crippen LogP contribution in [0, 0.1) is 5.92 Å². The molecule has 18 heavy (non-hydrogen) atoms. The molecule has 0 aliphatic rings. The Morgan fingerprint density at radius 1 is 1.22 bits per heavy atom. The number of amides is 3. The Labute approximate surface area is 107 Å². The van der Waals surface area contributed by atoms with Crippen molar-refractivity contribution in [2.45, 2.75) is 40.0 Å². The molecule has 0 rings (SSSR count). The zero-order chi connectivity index (χ0) is 14.1. The summed E-state index contributed by atoms with van der Waals surface area (Å²) in [6, 6.07) is -0.411. The lowest BCUT2D eigenvalue weighted by atomic mass is 10.2. The van der Waals surface area contributed by atoms with E-state index in [-0.39, 0.29) is 19.3 Å². The predicted molar refractivity (Wildman–Crippen MR) is 67.1 cm³/mol. The Balaban J connectivity index is 4.04. The third kappa shape index (κ3) is 7.65. The van der Waals surface area contributed by atoms with Crippen LogP contribution in [0.25, 0.3) is 0 Å². The highest BCUT2D eigenvalue weighted by Gasteiger charge is 2.15. The lowest BCUT2D eigenvalue weighted by Crippen LogP contribution is -2.44. The monoisotopic (exact) mass is 258 g/mol. The van der Waals surface area contributed by atoms with Crippen LogP contribution in [0.3, 0.4) is 0 Å². The predicted octanol–water partition coefficient (Wildman–Crippen LogP) is 1.46. The van der Waals surface area contributed by atoms with Gasteiger partial charge in [-0.3, -0.25) is 14.9 Å². The first-order chi connectivity index (χ1) is 8.36. The van der Waals surface area contributed by atoms with Gasteiger partial charge in [0.2, 0.25) is 5.91 Å². The molecular formula is C12H22N2O4. The second-order valence-electron chi connectivity index (χ2n) is 4.53. The summed E-state index contributed by atoms with van der Waals surface area (Å²) in [6.07, 6.45) is 0.229. The van der Waals surface area contributed by atoms with Crippen molar-refractivity contribution < 1.29 is 19.5 Å². The molecule has 0 saturated carbocycles. The van der Waals surface area contributed by atoms with Crippen LogP contribution in [0.4, 0.5) is 4.79 Å². The van der Waals surface area contributed by atoms with Gasteiger partial charge in [-0.15, -0.1) is 0 Å². The zero-order valence-corrected chi connectivity index (χ0v) is 11.2. The van der Waals surface area contributed by atoms with E-state index in [1.165, 1.54) is 0 Å². The van der Waals surface area contributed by atoms with Crippen molar-refractivity contribution in [3.8, 4) is 0 Å². The number of aliphatic carboxylic acids is 1. The Hall–Kier alpha value is -1.59. The molecule has 2 N–H and O–H groups in total. The maximum Gasteiger partial charge on any atom is 0.324 e. The summed E-state index contributed by atoms with van der Waals surface area (Å²) >= 11 is 0. The maximum atomic E-state index is 11.7. The molecule has 3 amide bonds. The quantitative estimate of drug-likeness (QED) is 0.723. The van der Waals surface area contributed by atoms with Gasteiger partial charge in [0.05, 0.1) is 0 Å². The van der Waals surface area contributed by atoms with Gasteiger partial charge < -0.3 is 10.0 Å². The SMILES string of the molecule is CCN(CC(C)C)C(=O)NC(=O)CCCC(=O)O. The minimum atomic E-state index is -0.941. The van der Waals surface area contributed by atoms with E-state index in [1.54, 1.807) is 4.90 Å². The van der Waals surface area contributed by atoms with Crippen molar-refractivity contribution >= 4 is 17.9 Å². The zero-order valence-electron chi connectivity index (χ0n) is 11.2. The van der Waals surface area contributed by atoms with Crippen LogP contribution in [0.2, 0.25) is 0 Å². The fourth-order valence-electron chi connectivity index (χ4n) is 1.46. The fourth-order valence-corrected chi connectivity index (χ4v) is 1.46. The van der Waals surface area contributed by atoms with E-state index in [0.29, 0.717) is 19.0 Å². The highest BCUT2D eigenvalue weighted by Crippen LogP contribution is 2.00. The number of nitrogens with zero attached hydrogens (tertiary/aromatic N) is 1. The molecule has 0 aliphatic heterocycles. The summed E-state index contributed by atoms with van der Waals surface area (Å²) in [5.41, 5.74) is 0. The van der Waals surface area contributed by atoms with Gasteiger partial charge in [0, 0.05) is 25.9 Å². The number of carbonyl (C=O) groups excluding carboxylic acids is 2. The van der Waals surface area contributed by atoms with Crippen molar-refractivity contribution in [2.75, 3.05) is 13.1 Å². The van der Waals surface area contributed by atoms with Crippen LogP contribution in [0.15, 0.2) is 0 Å². The average molecular weight is 258 g/mol. The third-order valence-electron chi connectivity index (χ3n) is 2.30. The van der Waals surface area contributed by atoms with E-state index in [9.17, 15) is 14.4 Å². The summed E-state index contributed by atoms with van der Waals surface area (Å²) in [6.45, 7) is 6.95. The molecule has 104 valence electrons. The van der Waals surface area contributed by atoms with E-state index >= 15 is 0 Å². The topological polar surface area (TPSA) is 86.7 Å². The number of rotatable bonds is 7. The molecule has 0 aromatic carbocycles. The smallest absolute Gasteiger partial charge is 0.324 e. The summed E-state index contributed by atoms with van der Waals surface area (Å²) in [4.78, 5) is 34.9. The molecule has 6 heteroatoms. The largest absolute Gasteiger partial charge is 0.481 e. The number of carboxylic acids is 1. The number of carbonyl (C=O) groups is 3. The van der Waals surface area contributed by atoms with Crippen molar-refractivity contribution in [1.29, 1.82) is 0 Å². The number of hydrogen-bond acceptors (Lipinski definition) is 3. The summed E-state index contributed by atoms with van der Waals surface area (Å²) in [5.74, 6) is -1.04. The van der Waals surface area contributed by atoms with Crippen LogP contribution in [-0.4, -0.2) is 41.0 Å². The molecule has 0 radical (unpaired) electrons. The van der Waals surface area contributed by atoms with E-state index < -0.39 is 17.9 Å². The van der Waals surface area contributed by atoms with Crippen LogP contribution in [-0.2, 0) is 9.59 Å². The van der Waals surface area contributed by atoms with Gasteiger partial charge in [-0.05, 0) is 19.3 Å². The average Bonchev–Trinajstić information content (AvgIpc) is 2.24. The molecule has 0 aromatic rings. The lowest BCUT2D eigenvalue weighted by Gasteiger charge is -2.22. The van der Waals surface area contributed by atoms with Gasteiger partial charge in [0.1, 0.15) is 0 Å². The second kappa shape index (κ2) is 8.49. The van der Waals surface area contributed by atoms with E-state index in [2.05, 4.69) is 5.32 Å². The first kappa shape index (κ1) is 16.4. The van der Waals surface area contributed by atoms with Crippen molar-refractivity contribution in [1.82, 2.24) is 10.2 Å². The number of carboxylic acid groups (broad SMARTS) is 1. The van der Waals surface area contributed by atoms with Crippen molar-refractivity contribution in [3.63, 3.8) is 0 Å². The molecule has 0 saturated heterocycles. The number of imide groups is 1.